The second-order valence-electron chi connectivity index (χ2n) is 2.20. The molecular weight excluding hydrogens is 176 g/mol. The van der Waals surface area contributed by atoms with Gasteiger partial charge in [-0.3, -0.25) is 0 Å². The molecule has 1 aromatic rings. The largest absolute Gasteiger partial charge is 0.516 e. The molecule has 1 rings (SSSR count). The van der Waals surface area contributed by atoms with Gasteiger partial charge in [-0.2, -0.15) is 0 Å². The quantitative estimate of drug-likeness (QED) is 0.739. The summed E-state index contributed by atoms with van der Waals surface area (Å²) in [7, 11) is 0. The molecule has 0 saturated heterocycles. The molecule has 0 aliphatic carbocycles. The lowest BCUT2D eigenvalue weighted by Crippen LogP contribution is -1.66. The van der Waals surface area contributed by atoms with Crippen molar-refractivity contribution in [3.63, 3.8) is 0 Å². The van der Waals surface area contributed by atoms with E-state index >= 15 is 0 Å². The molecule has 0 heterocycles. The summed E-state index contributed by atoms with van der Waals surface area (Å²) < 4.78 is 4.36. The van der Waals surface area contributed by atoms with Crippen LogP contribution < -0.4 is 0 Å². The molecule has 0 amide bonds. The molecule has 14 heavy (non-hydrogen) atoms. The van der Waals surface area contributed by atoms with Gasteiger partial charge in [0.15, 0.2) is 0 Å². The normalized spacial score (nSPS) is 8.57. The second kappa shape index (κ2) is 9.13. The molecule has 0 aromatic heterocycles. The van der Waals surface area contributed by atoms with Crippen LogP contribution in [0.3, 0.4) is 0 Å². The number of hydrogen-bond donors (Lipinski definition) is 1. The summed E-state index contributed by atoms with van der Waals surface area (Å²) in [5, 5.41) is 8.34. The van der Waals surface area contributed by atoms with E-state index in [9.17, 15) is 0 Å². The Bertz CT molecular complexity index is 270. The van der Waals surface area contributed by atoms with Gasteiger partial charge in [0.05, 0.1) is 18.8 Å². The average Bonchev–Trinajstić information content (AvgIpc) is 2.22. The Hall–Kier alpha value is -1.96. The van der Waals surface area contributed by atoms with Gasteiger partial charge >= 0.3 is 0 Å². The lowest BCUT2D eigenvalue weighted by atomic mass is 10.2. The third-order valence-electron chi connectivity index (χ3n) is 1.26. The van der Waals surface area contributed by atoms with Gasteiger partial charge in [-0.1, -0.05) is 43.5 Å². The van der Waals surface area contributed by atoms with Crippen LogP contribution in [0, 0.1) is 0 Å². The molecule has 1 aromatic carbocycles. The Labute approximate surface area is 84.5 Å². The summed E-state index contributed by atoms with van der Waals surface area (Å²) in [5.74, 6) is 0. The molecular formula is C12H14O2. The van der Waals surface area contributed by atoms with Crippen LogP contribution >= 0.6 is 0 Å². The lowest BCUT2D eigenvalue weighted by Gasteiger charge is -1.86. The van der Waals surface area contributed by atoms with E-state index in [1.807, 2.05) is 30.3 Å². The van der Waals surface area contributed by atoms with E-state index in [4.69, 9.17) is 5.11 Å². The zero-order valence-corrected chi connectivity index (χ0v) is 7.97. The molecule has 0 spiro atoms. The fourth-order valence-corrected chi connectivity index (χ4v) is 0.718. The van der Waals surface area contributed by atoms with E-state index in [-0.39, 0.29) is 0 Å². The first kappa shape index (κ1) is 12.0. The van der Waals surface area contributed by atoms with Crippen LogP contribution in [0.5, 0.6) is 0 Å². The standard InChI is InChI=1S/C8H8O.C4H6O/c9-7-6-8-4-2-1-3-5-8;1-3-5-4-2/h1-7,9H;3-4H,1-2H2. The predicted octanol–water partition coefficient (Wildman–Crippen LogP) is 3.51. The summed E-state index contributed by atoms with van der Waals surface area (Å²) in [6.07, 6.45) is 5.30. The fourth-order valence-electron chi connectivity index (χ4n) is 0.718. The van der Waals surface area contributed by atoms with E-state index in [1.165, 1.54) is 12.5 Å². The molecule has 0 fully saturated rings. The van der Waals surface area contributed by atoms with Gasteiger partial charge in [0.25, 0.3) is 0 Å². The number of hydrogen-bond acceptors (Lipinski definition) is 2. The molecule has 0 unspecified atom stereocenters. The van der Waals surface area contributed by atoms with Crippen LogP contribution in [0.2, 0.25) is 0 Å². The van der Waals surface area contributed by atoms with Gasteiger partial charge in [-0.15, -0.1) is 0 Å². The van der Waals surface area contributed by atoms with Crippen molar-refractivity contribution in [1.82, 2.24) is 0 Å². The summed E-state index contributed by atoms with van der Waals surface area (Å²) in [5.41, 5.74) is 1.01. The summed E-state index contributed by atoms with van der Waals surface area (Å²) in [6.45, 7) is 6.51. The third-order valence-corrected chi connectivity index (χ3v) is 1.26. The van der Waals surface area contributed by atoms with Gasteiger partial charge in [0.2, 0.25) is 0 Å². The Morgan fingerprint density at radius 3 is 2.00 bits per heavy atom. The average molecular weight is 190 g/mol. The van der Waals surface area contributed by atoms with Gasteiger partial charge < -0.3 is 9.84 Å². The molecule has 0 aliphatic heterocycles. The number of aliphatic hydroxyl groups excluding tert-OH is 1. The third kappa shape index (κ3) is 6.73. The van der Waals surface area contributed by atoms with Crippen LogP contribution in [0.25, 0.3) is 6.08 Å². The molecule has 0 aliphatic rings. The first-order valence-electron chi connectivity index (χ1n) is 4.08. The summed E-state index contributed by atoms with van der Waals surface area (Å²) in [6, 6.07) is 9.64. The monoisotopic (exact) mass is 190 g/mol. The maximum absolute atomic E-state index is 8.34. The lowest BCUT2D eigenvalue weighted by molar-refractivity contribution is 0.406. The van der Waals surface area contributed by atoms with Crippen LogP contribution in [-0.2, 0) is 4.74 Å². The number of benzene rings is 1. The Kier molecular flexibility index (Phi) is 7.85. The van der Waals surface area contributed by atoms with Gasteiger partial charge in [-0.05, 0) is 11.6 Å². The SMILES string of the molecule is C=COC=C.OC=Cc1ccccc1. The van der Waals surface area contributed by atoms with Gasteiger partial charge in [0.1, 0.15) is 0 Å². The minimum atomic E-state index is 1.01. The van der Waals surface area contributed by atoms with Crippen molar-refractivity contribution in [2.75, 3.05) is 0 Å². The summed E-state index contributed by atoms with van der Waals surface area (Å²) in [4.78, 5) is 0. The highest BCUT2D eigenvalue weighted by Crippen LogP contribution is 1.98. The molecule has 2 heteroatoms. The molecule has 0 atom stereocenters. The van der Waals surface area contributed by atoms with Crippen LogP contribution in [0.15, 0.2) is 62.3 Å². The van der Waals surface area contributed by atoms with Crippen LogP contribution in [0.4, 0.5) is 0 Å². The fraction of sp³-hybridized carbons (Fsp3) is 0. The second-order valence-corrected chi connectivity index (χ2v) is 2.20. The van der Waals surface area contributed by atoms with Crippen molar-refractivity contribution in [2.24, 2.45) is 0 Å². The Morgan fingerprint density at radius 2 is 1.64 bits per heavy atom. The van der Waals surface area contributed by atoms with E-state index in [2.05, 4.69) is 17.9 Å². The molecule has 1 N–H and O–H groups in total. The zero-order valence-electron chi connectivity index (χ0n) is 7.97. The molecule has 0 radical (unpaired) electrons. The maximum atomic E-state index is 8.34. The smallest absolute Gasteiger partial charge is 0.0829 e. The zero-order chi connectivity index (χ0) is 10.6. The highest BCUT2D eigenvalue weighted by Gasteiger charge is 1.78. The minimum Gasteiger partial charge on any atom is -0.516 e. The topological polar surface area (TPSA) is 29.5 Å². The van der Waals surface area contributed by atoms with Crippen molar-refractivity contribution in [1.29, 1.82) is 0 Å². The van der Waals surface area contributed by atoms with Crippen molar-refractivity contribution in [2.45, 2.75) is 0 Å². The Balaban J connectivity index is 0.000000292. The number of aliphatic hydroxyl groups is 1. The van der Waals surface area contributed by atoms with Gasteiger partial charge in [0, 0.05) is 0 Å². The Morgan fingerprint density at radius 1 is 1.07 bits per heavy atom. The maximum Gasteiger partial charge on any atom is 0.0829 e. The molecule has 74 valence electrons. The van der Waals surface area contributed by atoms with Crippen molar-refractivity contribution in [3.05, 3.63) is 67.8 Å². The number of ether oxygens (including phenoxy) is 1. The van der Waals surface area contributed by atoms with Crippen molar-refractivity contribution >= 4 is 6.08 Å². The summed E-state index contributed by atoms with van der Waals surface area (Å²) >= 11 is 0. The number of rotatable bonds is 3. The first-order chi connectivity index (χ1) is 6.85. The van der Waals surface area contributed by atoms with E-state index in [0.717, 1.165) is 11.8 Å². The van der Waals surface area contributed by atoms with Gasteiger partial charge in [-0.25, -0.2) is 0 Å². The van der Waals surface area contributed by atoms with Crippen molar-refractivity contribution in [3.8, 4) is 0 Å². The molecule has 2 nitrogen and oxygen atoms in total. The minimum absolute atomic E-state index is 1.01. The van der Waals surface area contributed by atoms with E-state index in [0.29, 0.717) is 0 Å². The highest BCUT2D eigenvalue weighted by atomic mass is 16.5. The molecule has 0 saturated carbocycles. The van der Waals surface area contributed by atoms with E-state index < -0.39 is 0 Å². The first-order valence-corrected chi connectivity index (χ1v) is 4.08. The predicted molar refractivity (Wildman–Crippen MR) is 59.6 cm³/mol. The van der Waals surface area contributed by atoms with Crippen molar-refractivity contribution < 1.29 is 9.84 Å². The van der Waals surface area contributed by atoms with E-state index in [1.54, 1.807) is 6.08 Å². The molecule has 0 bridgehead atoms. The highest BCUT2D eigenvalue weighted by molar-refractivity contribution is 5.47. The van der Waals surface area contributed by atoms with Crippen LogP contribution in [0.1, 0.15) is 5.56 Å². The van der Waals surface area contributed by atoms with Crippen LogP contribution in [-0.4, -0.2) is 5.11 Å².